The Morgan fingerprint density at radius 2 is 1.81 bits per heavy atom. The van der Waals surface area contributed by atoms with E-state index in [1.807, 2.05) is 47.2 Å². The average Bonchev–Trinajstić information content (AvgIpc) is 3.02. The van der Waals surface area contributed by atoms with Gasteiger partial charge in [0, 0.05) is 42.8 Å². The number of aromatic hydroxyl groups is 1. The van der Waals surface area contributed by atoms with Crippen LogP contribution in [0.25, 0.3) is 10.8 Å². The Bertz CT molecular complexity index is 1060. The zero-order valence-corrected chi connectivity index (χ0v) is 14.8. The van der Waals surface area contributed by atoms with Crippen molar-refractivity contribution < 1.29 is 9.50 Å². The van der Waals surface area contributed by atoms with Gasteiger partial charge in [-0.25, -0.2) is 4.39 Å². The molecule has 0 aliphatic rings. The fourth-order valence-corrected chi connectivity index (χ4v) is 3.26. The minimum Gasteiger partial charge on any atom is -0.494 e. The quantitative estimate of drug-likeness (QED) is 0.522. The zero-order valence-electron chi connectivity index (χ0n) is 14.8. The number of anilines is 1. The minimum atomic E-state index is -0.239. The molecule has 2 heterocycles. The van der Waals surface area contributed by atoms with E-state index >= 15 is 0 Å². The van der Waals surface area contributed by atoms with Gasteiger partial charge in [-0.1, -0.05) is 24.3 Å². The van der Waals surface area contributed by atoms with Crippen molar-refractivity contribution in [1.29, 1.82) is 0 Å². The second kappa shape index (κ2) is 7.50. The van der Waals surface area contributed by atoms with Gasteiger partial charge in [-0.15, -0.1) is 0 Å². The number of aromatic nitrogens is 2. The highest BCUT2D eigenvalue weighted by molar-refractivity contribution is 5.98. The molecule has 0 atom stereocenters. The van der Waals surface area contributed by atoms with Crippen LogP contribution in [-0.4, -0.2) is 14.7 Å². The Balaban J connectivity index is 1.56. The van der Waals surface area contributed by atoms with Gasteiger partial charge in [0.25, 0.3) is 0 Å². The molecule has 0 spiro atoms. The van der Waals surface area contributed by atoms with Crippen molar-refractivity contribution in [2.75, 3.05) is 5.32 Å². The highest BCUT2D eigenvalue weighted by Gasteiger charge is 2.12. The number of nitrogens with one attached hydrogen (secondary N) is 1. The minimum absolute atomic E-state index is 0.222. The van der Waals surface area contributed by atoms with Crippen LogP contribution < -0.4 is 5.32 Å². The lowest BCUT2D eigenvalue weighted by molar-refractivity contribution is 0.422. The molecule has 0 saturated heterocycles. The van der Waals surface area contributed by atoms with Crippen LogP contribution in [0.3, 0.4) is 0 Å². The van der Waals surface area contributed by atoms with E-state index in [2.05, 4.69) is 10.3 Å². The maximum atomic E-state index is 13.3. The van der Waals surface area contributed by atoms with Crippen molar-refractivity contribution in [3.8, 4) is 5.88 Å². The third kappa shape index (κ3) is 3.77. The molecule has 4 aromatic rings. The first-order valence-electron chi connectivity index (χ1n) is 8.89. The van der Waals surface area contributed by atoms with Gasteiger partial charge in [0.2, 0.25) is 5.88 Å². The highest BCUT2D eigenvalue weighted by atomic mass is 19.1. The number of hydrogen-bond donors (Lipinski definition) is 2. The monoisotopic (exact) mass is 361 g/mol. The van der Waals surface area contributed by atoms with E-state index in [1.54, 1.807) is 18.5 Å². The first kappa shape index (κ1) is 17.1. The van der Waals surface area contributed by atoms with Crippen LogP contribution in [0.4, 0.5) is 10.1 Å². The topological polar surface area (TPSA) is 50.1 Å². The molecule has 0 aliphatic carbocycles. The van der Waals surface area contributed by atoms with Crippen molar-refractivity contribution >= 4 is 16.5 Å². The van der Waals surface area contributed by atoms with Gasteiger partial charge in [0.15, 0.2) is 0 Å². The normalized spacial score (nSPS) is 11.0. The fourth-order valence-electron chi connectivity index (χ4n) is 3.26. The molecule has 4 rings (SSSR count). The molecule has 5 heteroatoms. The van der Waals surface area contributed by atoms with Crippen LogP contribution in [0, 0.1) is 5.82 Å². The lowest BCUT2D eigenvalue weighted by Gasteiger charge is -2.09. The predicted molar refractivity (Wildman–Crippen MR) is 105 cm³/mol. The molecule has 4 nitrogen and oxygen atoms in total. The van der Waals surface area contributed by atoms with E-state index in [0.29, 0.717) is 19.5 Å². The molecule has 0 saturated carbocycles. The fraction of sp³-hybridized carbons (Fsp3) is 0.136. The van der Waals surface area contributed by atoms with Crippen LogP contribution in [0.5, 0.6) is 5.88 Å². The Labute approximate surface area is 156 Å². The van der Waals surface area contributed by atoms with E-state index in [1.165, 1.54) is 12.1 Å². The number of nitrogens with zero attached hydrogens (tertiary/aromatic N) is 2. The van der Waals surface area contributed by atoms with E-state index in [0.717, 1.165) is 27.6 Å². The summed E-state index contributed by atoms with van der Waals surface area (Å²) in [6.45, 7) is 1.23. The third-order valence-corrected chi connectivity index (χ3v) is 4.65. The van der Waals surface area contributed by atoms with Crippen molar-refractivity contribution in [3.05, 3.63) is 90.1 Å². The first-order valence-corrected chi connectivity index (χ1v) is 8.89. The van der Waals surface area contributed by atoms with Crippen LogP contribution in [0.1, 0.15) is 11.1 Å². The summed E-state index contributed by atoms with van der Waals surface area (Å²) in [5.74, 6) is -0.0174. The highest BCUT2D eigenvalue weighted by Crippen LogP contribution is 2.34. The van der Waals surface area contributed by atoms with Gasteiger partial charge in [0.05, 0.1) is 5.39 Å². The Kier molecular flexibility index (Phi) is 4.75. The van der Waals surface area contributed by atoms with E-state index in [9.17, 15) is 9.50 Å². The van der Waals surface area contributed by atoms with Crippen molar-refractivity contribution in [2.45, 2.75) is 19.5 Å². The van der Waals surface area contributed by atoms with Gasteiger partial charge in [-0.2, -0.15) is 0 Å². The maximum Gasteiger partial charge on any atom is 0.201 e. The molecule has 0 aliphatic heterocycles. The molecule has 0 unspecified atom stereocenters. The maximum absolute atomic E-state index is 13.3. The number of halogens is 1. The lowest BCUT2D eigenvalue weighted by Crippen LogP contribution is -2.01. The Morgan fingerprint density at radius 3 is 2.63 bits per heavy atom. The number of rotatable bonds is 6. The molecule has 27 heavy (non-hydrogen) atoms. The SMILES string of the molecule is Oc1c2c(NCc3ccncc3)cccc2cn1CCc1cccc(F)c1. The standard InChI is InChI=1S/C22H20FN3O/c23-19-5-1-3-16(13-19)9-12-26-15-18-4-2-6-20(21(18)22(26)27)25-14-17-7-10-24-11-8-17/h1-8,10-11,13,15,25,27H,9,12,14H2. The summed E-state index contributed by atoms with van der Waals surface area (Å²) in [7, 11) is 0. The van der Waals surface area contributed by atoms with Crippen LogP contribution >= 0.6 is 0 Å². The molecule has 0 radical (unpaired) electrons. The number of aryl methyl sites for hydroxylation is 2. The summed E-state index contributed by atoms with van der Waals surface area (Å²) in [5.41, 5.74) is 2.90. The van der Waals surface area contributed by atoms with E-state index in [-0.39, 0.29) is 11.7 Å². The van der Waals surface area contributed by atoms with Crippen molar-refractivity contribution in [3.63, 3.8) is 0 Å². The van der Waals surface area contributed by atoms with E-state index in [4.69, 9.17) is 0 Å². The average molecular weight is 361 g/mol. The molecule has 0 amide bonds. The van der Waals surface area contributed by atoms with Gasteiger partial charge in [-0.3, -0.25) is 4.98 Å². The molecular weight excluding hydrogens is 341 g/mol. The Hall–Kier alpha value is -3.34. The molecule has 2 N–H and O–H groups in total. The predicted octanol–water partition coefficient (Wildman–Crippen LogP) is 4.74. The van der Waals surface area contributed by atoms with Crippen LogP contribution in [0.2, 0.25) is 0 Å². The summed E-state index contributed by atoms with van der Waals surface area (Å²) in [4.78, 5) is 4.02. The summed E-state index contributed by atoms with van der Waals surface area (Å²) < 4.78 is 15.2. The second-order valence-electron chi connectivity index (χ2n) is 6.50. The van der Waals surface area contributed by atoms with Crippen molar-refractivity contribution in [2.24, 2.45) is 0 Å². The summed E-state index contributed by atoms with van der Waals surface area (Å²) in [6, 6.07) is 16.4. The van der Waals surface area contributed by atoms with Gasteiger partial charge < -0.3 is 15.0 Å². The number of pyridine rings is 1. The molecule has 0 fully saturated rings. The molecule has 2 aromatic heterocycles. The second-order valence-corrected chi connectivity index (χ2v) is 6.50. The number of benzene rings is 2. The third-order valence-electron chi connectivity index (χ3n) is 4.65. The van der Waals surface area contributed by atoms with Crippen LogP contribution in [-0.2, 0) is 19.5 Å². The van der Waals surface area contributed by atoms with Gasteiger partial charge in [-0.05, 0) is 47.9 Å². The van der Waals surface area contributed by atoms with Crippen LogP contribution in [0.15, 0.2) is 73.2 Å². The number of fused-ring (bicyclic) bond motifs is 1. The Morgan fingerprint density at radius 1 is 1.00 bits per heavy atom. The van der Waals surface area contributed by atoms with Gasteiger partial charge in [0.1, 0.15) is 5.82 Å². The summed E-state index contributed by atoms with van der Waals surface area (Å²) >= 11 is 0. The molecule has 136 valence electrons. The van der Waals surface area contributed by atoms with Crippen molar-refractivity contribution in [1.82, 2.24) is 9.55 Å². The zero-order chi connectivity index (χ0) is 18.6. The largest absolute Gasteiger partial charge is 0.494 e. The smallest absolute Gasteiger partial charge is 0.201 e. The summed E-state index contributed by atoms with van der Waals surface area (Å²) in [6.07, 6.45) is 6.10. The van der Waals surface area contributed by atoms with Gasteiger partial charge >= 0.3 is 0 Å². The number of hydrogen-bond acceptors (Lipinski definition) is 3. The molecular formula is C22H20FN3O. The molecule has 2 aromatic carbocycles. The van der Waals surface area contributed by atoms with E-state index < -0.39 is 0 Å². The first-order chi connectivity index (χ1) is 13.2. The summed E-state index contributed by atoms with van der Waals surface area (Å²) in [5, 5.41) is 15.9. The lowest BCUT2D eigenvalue weighted by atomic mass is 10.1. The molecule has 0 bridgehead atoms.